The van der Waals surface area contributed by atoms with E-state index in [-0.39, 0.29) is 12.1 Å². The molecule has 1 atom stereocenters. The van der Waals surface area contributed by atoms with Gasteiger partial charge >= 0.3 is 0 Å². The van der Waals surface area contributed by atoms with Gasteiger partial charge in [-0.1, -0.05) is 0 Å². The van der Waals surface area contributed by atoms with Gasteiger partial charge in [0.25, 0.3) is 11.5 Å². The molecule has 0 aromatic carbocycles. The number of fused-ring (bicyclic) bond motifs is 1. The third-order valence-electron chi connectivity index (χ3n) is 5.02. The van der Waals surface area contributed by atoms with E-state index in [4.69, 9.17) is 4.74 Å². The fraction of sp³-hybridized carbons (Fsp3) is 0.450. The summed E-state index contributed by atoms with van der Waals surface area (Å²) < 4.78 is 5.36. The summed E-state index contributed by atoms with van der Waals surface area (Å²) in [7, 11) is 3.18. The molecule has 2 N–H and O–H groups in total. The molecule has 2 aromatic rings. The number of nitrogens with one attached hydrogen (secondary N) is 1. The first kappa shape index (κ1) is 19.1. The second-order valence-electron chi connectivity index (χ2n) is 7.08. The van der Waals surface area contributed by atoms with Crippen molar-refractivity contribution in [3.05, 3.63) is 56.1 Å². The molecule has 0 spiro atoms. The van der Waals surface area contributed by atoms with Crippen LogP contribution in [-0.2, 0) is 13.0 Å². The van der Waals surface area contributed by atoms with Gasteiger partial charge in [0.2, 0.25) is 5.88 Å². The molecule has 2 heterocycles. The van der Waals surface area contributed by atoms with Gasteiger partial charge in [0.15, 0.2) is 0 Å². The second-order valence-corrected chi connectivity index (χ2v) is 7.08. The lowest BCUT2D eigenvalue weighted by atomic mass is 9.92. The van der Waals surface area contributed by atoms with Gasteiger partial charge in [-0.3, -0.25) is 9.59 Å². The van der Waals surface area contributed by atoms with Crippen LogP contribution in [0.5, 0.6) is 5.88 Å². The van der Waals surface area contributed by atoms with E-state index in [9.17, 15) is 14.7 Å². The van der Waals surface area contributed by atoms with Crippen LogP contribution < -0.4 is 10.3 Å². The fourth-order valence-electron chi connectivity index (χ4n) is 3.58. The van der Waals surface area contributed by atoms with Crippen molar-refractivity contribution in [2.45, 2.75) is 45.8 Å². The number of pyridine rings is 2. The van der Waals surface area contributed by atoms with Gasteiger partial charge in [0.05, 0.1) is 19.8 Å². The first-order chi connectivity index (χ1) is 12.8. The molecule has 1 unspecified atom stereocenters. The first-order valence-corrected chi connectivity index (χ1v) is 9.02. The van der Waals surface area contributed by atoms with Crippen LogP contribution in [-0.4, -0.2) is 40.0 Å². The first-order valence-electron chi connectivity index (χ1n) is 9.02. The minimum atomic E-state index is -0.647. The van der Waals surface area contributed by atoms with Crippen LogP contribution in [0.3, 0.4) is 0 Å². The van der Waals surface area contributed by atoms with Gasteiger partial charge in [-0.25, -0.2) is 4.98 Å². The highest BCUT2D eigenvalue weighted by Gasteiger charge is 2.24. The summed E-state index contributed by atoms with van der Waals surface area (Å²) in [6.07, 6.45) is 1.51. The second kappa shape index (κ2) is 7.52. The standard InChI is InChI=1S/C20H25N3O4/c1-11-8-12(2)21-19(27-4)15(11)10-23(3)20(26)14-9-13-16(22-18(14)25)6-5-7-17(13)24/h8-9,17,24H,5-7,10H2,1-4H3,(H,22,25). The summed E-state index contributed by atoms with van der Waals surface area (Å²) in [5.41, 5.74) is 3.57. The van der Waals surface area contributed by atoms with Crippen LogP contribution >= 0.6 is 0 Å². The van der Waals surface area contributed by atoms with Gasteiger partial charge in [-0.05, 0) is 50.8 Å². The molecule has 7 nitrogen and oxygen atoms in total. The molecule has 144 valence electrons. The van der Waals surface area contributed by atoms with E-state index in [1.807, 2.05) is 19.9 Å². The maximum absolute atomic E-state index is 12.9. The molecule has 1 amide bonds. The average molecular weight is 371 g/mol. The molecule has 0 aliphatic heterocycles. The number of carbonyl (C=O) groups excluding carboxylic acids is 1. The molecule has 3 rings (SSSR count). The molecule has 0 saturated heterocycles. The maximum Gasteiger partial charge on any atom is 0.261 e. The maximum atomic E-state index is 12.9. The number of carbonyl (C=O) groups is 1. The van der Waals surface area contributed by atoms with Gasteiger partial charge in [-0.15, -0.1) is 0 Å². The summed E-state index contributed by atoms with van der Waals surface area (Å²) in [5.74, 6) is 0.0702. The van der Waals surface area contributed by atoms with Gasteiger partial charge in [0, 0.05) is 29.6 Å². The Kier molecular flexibility index (Phi) is 5.32. The molecule has 0 fully saturated rings. The number of hydrogen-bond donors (Lipinski definition) is 2. The number of aromatic nitrogens is 2. The van der Waals surface area contributed by atoms with E-state index in [0.717, 1.165) is 28.9 Å². The molecule has 2 aromatic heterocycles. The van der Waals surface area contributed by atoms with Gasteiger partial charge in [0.1, 0.15) is 5.56 Å². The third kappa shape index (κ3) is 3.73. The zero-order valence-electron chi connectivity index (χ0n) is 16.1. The topological polar surface area (TPSA) is 95.5 Å². The Morgan fingerprint density at radius 1 is 1.41 bits per heavy atom. The van der Waals surface area contributed by atoms with E-state index >= 15 is 0 Å². The van der Waals surface area contributed by atoms with Crippen molar-refractivity contribution in [1.82, 2.24) is 14.9 Å². The van der Waals surface area contributed by atoms with Crippen molar-refractivity contribution in [3.63, 3.8) is 0 Å². The predicted octanol–water partition coefficient (Wildman–Crippen LogP) is 2.04. The number of aryl methyl sites for hydroxylation is 3. The van der Waals surface area contributed by atoms with E-state index in [2.05, 4.69) is 9.97 Å². The van der Waals surface area contributed by atoms with Crippen molar-refractivity contribution >= 4 is 5.91 Å². The number of aliphatic hydroxyl groups excluding tert-OH is 1. The Morgan fingerprint density at radius 3 is 2.85 bits per heavy atom. The predicted molar refractivity (Wildman–Crippen MR) is 101 cm³/mol. The highest BCUT2D eigenvalue weighted by molar-refractivity contribution is 5.94. The number of aliphatic hydroxyl groups is 1. The molecule has 1 aliphatic carbocycles. The lowest BCUT2D eigenvalue weighted by Gasteiger charge is -2.23. The van der Waals surface area contributed by atoms with Crippen LogP contribution in [0.4, 0.5) is 0 Å². The highest BCUT2D eigenvalue weighted by atomic mass is 16.5. The molecular formula is C20H25N3O4. The van der Waals surface area contributed by atoms with Crippen molar-refractivity contribution in [3.8, 4) is 5.88 Å². The molecule has 0 bridgehead atoms. The van der Waals surface area contributed by atoms with E-state index < -0.39 is 17.6 Å². The Morgan fingerprint density at radius 2 is 2.15 bits per heavy atom. The summed E-state index contributed by atoms with van der Waals surface area (Å²) in [6.45, 7) is 4.08. The van der Waals surface area contributed by atoms with E-state index in [1.54, 1.807) is 14.2 Å². The lowest BCUT2D eigenvalue weighted by Crippen LogP contribution is -2.33. The summed E-state index contributed by atoms with van der Waals surface area (Å²) in [6, 6.07) is 3.46. The van der Waals surface area contributed by atoms with Gasteiger partial charge < -0.3 is 19.7 Å². The highest BCUT2D eigenvalue weighted by Crippen LogP contribution is 2.28. The van der Waals surface area contributed by atoms with Crippen LogP contribution in [0.2, 0.25) is 0 Å². The number of hydrogen-bond acceptors (Lipinski definition) is 5. The van der Waals surface area contributed by atoms with Crippen molar-refractivity contribution < 1.29 is 14.6 Å². The number of rotatable bonds is 4. The molecular weight excluding hydrogens is 346 g/mol. The SMILES string of the molecule is COc1nc(C)cc(C)c1CN(C)C(=O)c1cc2c([nH]c1=O)CCCC2O. The van der Waals surface area contributed by atoms with E-state index in [0.29, 0.717) is 24.3 Å². The number of amides is 1. The van der Waals surface area contributed by atoms with Crippen LogP contribution in [0, 0.1) is 13.8 Å². The zero-order valence-corrected chi connectivity index (χ0v) is 16.1. The Labute approximate surface area is 158 Å². The minimum Gasteiger partial charge on any atom is -0.481 e. The largest absolute Gasteiger partial charge is 0.481 e. The average Bonchev–Trinajstić information content (AvgIpc) is 2.62. The molecule has 0 radical (unpaired) electrons. The van der Waals surface area contributed by atoms with Crippen molar-refractivity contribution in [2.75, 3.05) is 14.2 Å². The number of H-pyrrole nitrogens is 1. The normalized spacial score (nSPS) is 16.0. The Bertz CT molecular complexity index is 936. The van der Waals surface area contributed by atoms with Crippen molar-refractivity contribution in [2.24, 2.45) is 0 Å². The quantitative estimate of drug-likeness (QED) is 0.857. The summed E-state index contributed by atoms with van der Waals surface area (Å²) in [4.78, 5) is 33.9. The van der Waals surface area contributed by atoms with Crippen LogP contribution in [0.1, 0.15) is 57.4 Å². The lowest BCUT2D eigenvalue weighted by molar-refractivity contribution is 0.0781. The monoisotopic (exact) mass is 371 g/mol. The Hall–Kier alpha value is -2.67. The number of ether oxygens (including phenoxy) is 1. The third-order valence-corrected chi connectivity index (χ3v) is 5.02. The zero-order chi connectivity index (χ0) is 19.7. The number of methoxy groups -OCH3 is 1. The van der Waals surface area contributed by atoms with Crippen LogP contribution in [0.25, 0.3) is 0 Å². The minimum absolute atomic E-state index is 0.0360. The fourth-order valence-corrected chi connectivity index (χ4v) is 3.58. The molecule has 1 aliphatic rings. The van der Waals surface area contributed by atoms with Crippen LogP contribution in [0.15, 0.2) is 16.9 Å². The van der Waals surface area contributed by atoms with Crippen molar-refractivity contribution in [1.29, 1.82) is 0 Å². The Balaban J connectivity index is 1.91. The summed E-state index contributed by atoms with van der Waals surface area (Å²) in [5, 5.41) is 10.2. The number of aromatic amines is 1. The number of nitrogens with zero attached hydrogens (tertiary/aromatic N) is 2. The molecule has 0 saturated carbocycles. The molecule has 27 heavy (non-hydrogen) atoms. The molecule has 7 heteroatoms. The summed E-state index contributed by atoms with van der Waals surface area (Å²) >= 11 is 0. The smallest absolute Gasteiger partial charge is 0.261 e. The van der Waals surface area contributed by atoms with E-state index in [1.165, 1.54) is 11.0 Å². The van der Waals surface area contributed by atoms with Gasteiger partial charge in [-0.2, -0.15) is 0 Å².